The van der Waals surface area contributed by atoms with E-state index in [4.69, 9.17) is 9.47 Å². The molecule has 5 rings (SSSR count). The third-order valence-corrected chi connectivity index (χ3v) is 5.90. The Morgan fingerprint density at radius 2 is 1.88 bits per heavy atom. The van der Waals surface area contributed by atoms with Crippen molar-refractivity contribution in [3.8, 4) is 11.5 Å². The summed E-state index contributed by atoms with van der Waals surface area (Å²) in [7, 11) is 0. The van der Waals surface area contributed by atoms with E-state index in [9.17, 15) is 14.7 Å². The normalized spacial score (nSPS) is 14.7. The Morgan fingerprint density at radius 1 is 1.09 bits per heavy atom. The minimum Gasteiger partial charge on any atom is -0.490 e. The summed E-state index contributed by atoms with van der Waals surface area (Å²) in [5.74, 6) is 0.377. The zero-order valence-electron chi connectivity index (χ0n) is 18.7. The van der Waals surface area contributed by atoms with Gasteiger partial charge in [-0.1, -0.05) is 24.3 Å². The summed E-state index contributed by atoms with van der Waals surface area (Å²) in [5.41, 5.74) is 3.63. The number of nitrogens with zero attached hydrogens (tertiary/aromatic N) is 1. The lowest BCUT2D eigenvalue weighted by molar-refractivity contribution is -0.136. The van der Waals surface area contributed by atoms with Crippen LogP contribution in [0.1, 0.15) is 21.6 Å². The Balaban J connectivity index is 1.29. The number of nitrogens with one attached hydrogen (secondary N) is 1. The van der Waals surface area contributed by atoms with Crippen LogP contribution in [0.25, 0.3) is 10.9 Å². The first-order valence-electron chi connectivity index (χ1n) is 11.1. The molecule has 3 aromatic carbocycles. The molecule has 7 heteroatoms. The highest BCUT2D eigenvalue weighted by Crippen LogP contribution is 2.29. The molecule has 1 aliphatic rings. The number of aromatic nitrogens is 1. The van der Waals surface area contributed by atoms with Gasteiger partial charge in [0.2, 0.25) is 0 Å². The minimum atomic E-state index is -0.904. The molecule has 34 heavy (non-hydrogen) atoms. The average Bonchev–Trinajstić information content (AvgIpc) is 3.19. The van der Waals surface area contributed by atoms with Gasteiger partial charge in [0.25, 0.3) is 5.91 Å². The van der Waals surface area contributed by atoms with Gasteiger partial charge in [-0.15, -0.1) is 0 Å². The summed E-state index contributed by atoms with van der Waals surface area (Å²) in [6.07, 6.45) is -0.211. The molecule has 1 aromatic heterocycles. The quantitative estimate of drug-likeness (QED) is 0.444. The molecule has 0 bridgehead atoms. The number of aliphatic carboxylic acids is 1. The Bertz CT molecular complexity index is 1370. The van der Waals surface area contributed by atoms with E-state index in [1.807, 2.05) is 43.3 Å². The first-order valence-corrected chi connectivity index (χ1v) is 11.1. The molecule has 0 unspecified atom stereocenters. The molecular weight excluding hydrogens is 432 g/mol. The second kappa shape index (κ2) is 8.94. The number of carbonyl (C=O) groups is 2. The fourth-order valence-electron chi connectivity index (χ4n) is 4.28. The summed E-state index contributed by atoms with van der Waals surface area (Å²) >= 11 is 0. The zero-order valence-corrected chi connectivity index (χ0v) is 18.7. The Labute approximate surface area is 196 Å². The molecule has 0 spiro atoms. The van der Waals surface area contributed by atoms with Gasteiger partial charge in [0.1, 0.15) is 24.2 Å². The molecule has 0 fully saturated rings. The van der Waals surface area contributed by atoms with Crippen molar-refractivity contribution in [1.82, 2.24) is 4.57 Å². The van der Waals surface area contributed by atoms with Crippen LogP contribution >= 0.6 is 0 Å². The number of carboxylic acids is 1. The van der Waals surface area contributed by atoms with Crippen molar-refractivity contribution < 1.29 is 24.2 Å². The lowest BCUT2D eigenvalue weighted by Gasteiger charge is -2.27. The SMILES string of the molecule is Cc1cc2c(CC(=O)O)cccc2n1C(=O)c1ccc(OC[C@@H]2CNc3ccccc3O2)cc1. The van der Waals surface area contributed by atoms with Gasteiger partial charge in [-0.25, -0.2) is 0 Å². The monoisotopic (exact) mass is 456 g/mol. The van der Waals surface area contributed by atoms with Crippen molar-refractivity contribution in [3.63, 3.8) is 0 Å². The molecular formula is C27H24N2O5. The van der Waals surface area contributed by atoms with Crippen molar-refractivity contribution in [2.75, 3.05) is 18.5 Å². The van der Waals surface area contributed by atoms with E-state index in [-0.39, 0.29) is 18.4 Å². The number of carbonyl (C=O) groups excluding carboxylic acids is 1. The highest BCUT2D eigenvalue weighted by molar-refractivity contribution is 6.04. The highest BCUT2D eigenvalue weighted by Gasteiger charge is 2.20. The lowest BCUT2D eigenvalue weighted by Crippen LogP contribution is -2.35. The van der Waals surface area contributed by atoms with Gasteiger partial charge in [0.15, 0.2) is 0 Å². The Morgan fingerprint density at radius 3 is 2.68 bits per heavy atom. The van der Waals surface area contributed by atoms with E-state index < -0.39 is 5.97 Å². The maximum absolute atomic E-state index is 13.3. The number of hydrogen-bond acceptors (Lipinski definition) is 5. The molecule has 0 radical (unpaired) electrons. The first-order chi connectivity index (χ1) is 16.5. The summed E-state index contributed by atoms with van der Waals surface area (Å²) in [4.78, 5) is 24.5. The van der Waals surface area contributed by atoms with E-state index >= 15 is 0 Å². The molecule has 2 N–H and O–H groups in total. The van der Waals surface area contributed by atoms with Crippen LogP contribution < -0.4 is 14.8 Å². The minimum absolute atomic E-state index is 0.0904. The van der Waals surface area contributed by atoms with Gasteiger partial charge in [0, 0.05) is 16.6 Å². The second-order valence-electron chi connectivity index (χ2n) is 8.30. The predicted octanol–water partition coefficient (Wildman–Crippen LogP) is 4.52. The molecule has 1 atom stereocenters. The molecule has 172 valence electrons. The molecule has 0 saturated heterocycles. The van der Waals surface area contributed by atoms with Crippen LogP contribution in [0, 0.1) is 6.92 Å². The van der Waals surface area contributed by atoms with Crippen LogP contribution in [0.5, 0.6) is 11.5 Å². The van der Waals surface area contributed by atoms with Gasteiger partial charge < -0.3 is 19.9 Å². The molecule has 4 aromatic rings. The van der Waals surface area contributed by atoms with Gasteiger partial charge in [-0.05, 0) is 61.0 Å². The Hall–Kier alpha value is -4.26. The number of rotatable bonds is 6. The van der Waals surface area contributed by atoms with Crippen LogP contribution in [0.4, 0.5) is 5.69 Å². The summed E-state index contributed by atoms with van der Waals surface area (Å²) in [6.45, 7) is 2.87. The molecule has 2 heterocycles. The van der Waals surface area contributed by atoms with Crippen LogP contribution in [0.15, 0.2) is 72.8 Å². The summed E-state index contributed by atoms with van der Waals surface area (Å²) < 4.78 is 13.5. The lowest BCUT2D eigenvalue weighted by atomic mass is 10.1. The molecule has 7 nitrogen and oxygen atoms in total. The third-order valence-electron chi connectivity index (χ3n) is 5.90. The number of para-hydroxylation sites is 2. The van der Waals surface area contributed by atoms with Crippen molar-refractivity contribution in [1.29, 1.82) is 0 Å². The largest absolute Gasteiger partial charge is 0.490 e. The summed E-state index contributed by atoms with van der Waals surface area (Å²) in [5, 5.41) is 13.3. The smallest absolute Gasteiger partial charge is 0.307 e. The van der Waals surface area contributed by atoms with Crippen LogP contribution in [0.3, 0.4) is 0 Å². The number of aryl methyl sites for hydroxylation is 1. The molecule has 0 amide bonds. The topological polar surface area (TPSA) is 89.8 Å². The maximum atomic E-state index is 13.3. The predicted molar refractivity (Wildman–Crippen MR) is 129 cm³/mol. The fourth-order valence-corrected chi connectivity index (χ4v) is 4.28. The maximum Gasteiger partial charge on any atom is 0.307 e. The van der Waals surface area contributed by atoms with Crippen molar-refractivity contribution in [2.45, 2.75) is 19.4 Å². The van der Waals surface area contributed by atoms with Crippen LogP contribution in [-0.4, -0.2) is 40.8 Å². The van der Waals surface area contributed by atoms with E-state index in [1.54, 1.807) is 41.0 Å². The van der Waals surface area contributed by atoms with Crippen molar-refractivity contribution in [2.24, 2.45) is 0 Å². The number of ether oxygens (including phenoxy) is 2. The zero-order chi connectivity index (χ0) is 23.7. The van der Waals surface area contributed by atoms with E-state index in [0.29, 0.717) is 35.5 Å². The van der Waals surface area contributed by atoms with Gasteiger partial charge in [-0.3, -0.25) is 14.2 Å². The third kappa shape index (κ3) is 4.20. The summed E-state index contributed by atoms with van der Waals surface area (Å²) in [6, 6.07) is 22.1. The highest BCUT2D eigenvalue weighted by atomic mass is 16.5. The fraction of sp³-hybridized carbons (Fsp3) is 0.185. The molecule has 0 aliphatic carbocycles. The van der Waals surface area contributed by atoms with E-state index in [1.165, 1.54) is 0 Å². The van der Waals surface area contributed by atoms with Crippen LogP contribution in [-0.2, 0) is 11.2 Å². The van der Waals surface area contributed by atoms with Crippen molar-refractivity contribution in [3.05, 3.63) is 89.6 Å². The second-order valence-corrected chi connectivity index (χ2v) is 8.30. The Kier molecular flexibility index (Phi) is 5.67. The van der Waals surface area contributed by atoms with Gasteiger partial charge in [-0.2, -0.15) is 0 Å². The number of hydrogen-bond donors (Lipinski definition) is 2. The number of benzene rings is 3. The van der Waals surface area contributed by atoms with Gasteiger partial charge >= 0.3 is 5.97 Å². The van der Waals surface area contributed by atoms with Crippen LogP contribution in [0.2, 0.25) is 0 Å². The van der Waals surface area contributed by atoms with E-state index in [2.05, 4.69) is 5.32 Å². The molecule has 0 saturated carbocycles. The van der Waals surface area contributed by atoms with Crippen molar-refractivity contribution >= 4 is 28.5 Å². The van der Waals surface area contributed by atoms with Gasteiger partial charge in [0.05, 0.1) is 24.2 Å². The first kappa shape index (κ1) is 21.6. The average molecular weight is 456 g/mol. The number of fused-ring (bicyclic) bond motifs is 2. The van der Waals surface area contributed by atoms with E-state index in [0.717, 1.165) is 22.5 Å². The standard InChI is InChI=1S/C27H24N2O5/c1-17-13-22-19(14-26(30)31)5-4-7-24(22)29(17)27(32)18-9-11-20(12-10-18)33-16-21-15-28-23-6-2-3-8-25(23)34-21/h2-13,21,28H,14-16H2,1H3,(H,30,31)/t21-/m0/s1. The number of anilines is 1. The number of carboxylic acid groups (broad SMARTS) is 1. The molecule has 1 aliphatic heterocycles.